The summed E-state index contributed by atoms with van der Waals surface area (Å²) in [6.07, 6.45) is 3.02. The summed E-state index contributed by atoms with van der Waals surface area (Å²) in [6.45, 7) is 13.2. The molecule has 0 bridgehead atoms. The van der Waals surface area contributed by atoms with E-state index in [1.807, 2.05) is 6.92 Å². The van der Waals surface area contributed by atoms with Gasteiger partial charge in [-0.05, 0) is 60.0 Å². The van der Waals surface area contributed by atoms with Crippen molar-refractivity contribution in [3.63, 3.8) is 0 Å². The monoisotopic (exact) mass is 363 g/mol. The molecule has 2 saturated heterocycles. The highest BCUT2D eigenvalue weighted by Gasteiger charge is 2.31. The van der Waals surface area contributed by atoms with Crippen LogP contribution in [0.3, 0.4) is 0 Å². The molecule has 0 saturated carbocycles. The zero-order chi connectivity index (χ0) is 18.7. The van der Waals surface area contributed by atoms with Crippen molar-refractivity contribution >= 4 is 5.91 Å². The first-order valence-electron chi connectivity index (χ1n) is 10.00. The van der Waals surface area contributed by atoms with Gasteiger partial charge in [0.25, 0.3) is 0 Å². The van der Waals surface area contributed by atoms with Gasteiger partial charge in [0.15, 0.2) is 5.82 Å². The summed E-state index contributed by atoms with van der Waals surface area (Å²) in [5.41, 5.74) is 0. The van der Waals surface area contributed by atoms with Gasteiger partial charge in [0, 0.05) is 31.7 Å². The summed E-state index contributed by atoms with van der Waals surface area (Å²) in [5, 5.41) is 7.05. The van der Waals surface area contributed by atoms with Gasteiger partial charge in [-0.15, -0.1) is 0 Å². The van der Waals surface area contributed by atoms with Gasteiger partial charge in [-0.2, -0.15) is 4.98 Å². The van der Waals surface area contributed by atoms with E-state index in [1.54, 1.807) is 0 Å². The first-order chi connectivity index (χ1) is 12.4. The van der Waals surface area contributed by atoms with Crippen molar-refractivity contribution in [1.29, 1.82) is 0 Å². The molecule has 3 atom stereocenters. The SMILES string of the molecule is Cc1noc(C2CCN(C(C)CCNC(=O)C3CCN(C(C)C)C3)C2)n1. The highest BCUT2D eigenvalue weighted by atomic mass is 16.5. The molecule has 3 heterocycles. The zero-order valence-corrected chi connectivity index (χ0v) is 16.6. The van der Waals surface area contributed by atoms with E-state index in [9.17, 15) is 4.79 Å². The Hall–Kier alpha value is -1.47. The molecule has 2 aliphatic heterocycles. The Morgan fingerprint density at radius 2 is 2.00 bits per heavy atom. The predicted molar refractivity (Wildman–Crippen MR) is 99.9 cm³/mol. The average molecular weight is 364 g/mol. The molecular weight excluding hydrogens is 330 g/mol. The van der Waals surface area contributed by atoms with Crippen LogP contribution in [-0.4, -0.2) is 70.7 Å². The molecule has 1 amide bonds. The maximum absolute atomic E-state index is 12.4. The standard InChI is InChI=1S/C19H33N5O2/c1-13(2)23-9-6-16(11-23)18(25)20-8-5-14(3)24-10-7-17(12-24)19-21-15(4)22-26-19/h13-14,16-17H,5-12H2,1-4H3,(H,20,25). The molecule has 2 aliphatic rings. The van der Waals surface area contributed by atoms with E-state index in [2.05, 4.69) is 46.0 Å². The molecule has 7 heteroatoms. The van der Waals surface area contributed by atoms with Crippen LogP contribution < -0.4 is 5.32 Å². The van der Waals surface area contributed by atoms with Crippen LogP contribution in [0.4, 0.5) is 0 Å². The molecule has 146 valence electrons. The summed E-state index contributed by atoms with van der Waals surface area (Å²) in [6, 6.07) is 0.971. The van der Waals surface area contributed by atoms with E-state index in [1.165, 1.54) is 0 Å². The smallest absolute Gasteiger partial charge is 0.231 e. The van der Waals surface area contributed by atoms with Crippen molar-refractivity contribution in [2.24, 2.45) is 5.92 Å². The van der Waals surface area contributed by atoms with E-state index in [4.69, 9.17) is 4.52 Å². The number of amides is 1. The number of nitrogens with one attached hydrogen (secondary N) is 1. The van der Waals surface area contributed by atoms with Crippen LogP contribution in [-0.2, 0) is 4.79 Å². The number of aromatic nitrogens is 2. The second-order valence-electron chi connectivity index (χ2n) is 8.16. The summed E-state index contributed by atoms with van der Waals surface area (Å²) < 4.78 is 5.32. The Morgan fingerprint density at radius 3 is 2.65 bits per heavy atom. The maximum atomic E-state index is 12.4. The van der Waals surface area contributed by atoms with Crippen LogP contribution in [0.2, 0.25) is 0 Å². The molecule has 0 aliphatic carbocycles. The largest absolute Gasteiger partial charge is 0.356 e. The van der Waals surface area contributed by atoms with Gasteiger partial charge in [-0.3, -0.25) is 9.69 Å². The second-order valence-corrected chi connectivity index (χ2v) is 8.16. The summed E-state index contributed by atoms with van der Waals surface area (Å²) >= 11 is 0. The summed E-state index contributed by atoms with van der Waals surface area (Å²) in [7, 11) is 0. The molecule has 2 fully saturated rings. The molecule has 1 aromatic heterocycles. The van der Waals surface area contributed by atoms with Crippen molar-refractivity contribution < 1.29 is 9.32 Å². The number of carbonyl (C=O) groups excluding carboxylic acids is 1. The molecule has 3 rings (SSSR count). The lowest BCUT2D eigenvalue weighted by Crippen LogP contribution is -2.38. The fraction of sp³-hybridized carbons (Fsp3) is 0.842. The van der Waals surface area contributed by atoms with Crippen LogP contribution in [0.5, 0.6) is 0 Å². The quantitative estimate of drug-likeness (QED) is 0.796. The van der Waals surface area contributed by atoms with Gasteiger partial charge >= 0.3 is 0 Å². The normalized spacial score (nSPS) is 25.9. The van der Waals surface area contributed by atoms with E-state index in [0.29, 0.717) is 23.8 Å². The number of hydrogen-bond donors (Lipinski definition) is 1. The fourth-order valence-electron chi connectivity index (χ4n) is 4.07. The number of nitrogens with zero attached hydrogens (tertiary/aromatic N) is 4. The van der Waals surface area contributed by atoms with Gasteiger partial charge in [-0.25, -0.2) is 0 Å². The minimum Gasteiger partial charge on any atom is -0.356 e. The van der Waals surface area contributed by atoms with E-state index < -0.39 is 0 Å². The lowest BCUT2D eigenvalue weighted by atomic mass is 10.1. The van der Waals surface area contributed by atoms with Crippen LogP contribution in [0.15, 0.2) is 4.52 Å². The molecule has 0 aromatic carbocycles. The van der Waals surface area contributed by atoms with Gasteiger partial charge < -0.3 is 14.7 Å². The third kappa shape index (κ3) is 4.62. The topological polar surface area (TPSA) is 74.5 Å². The highest BCUT2D eigenvalue weighted by Crippen LogP contribution is 2.27. The molecule has 0 radical (unpaired) electrons. The van der Waals surface area contributed by atoms with Crippen molar-refractivity contribution in [2.45, 2.75) is 65.0 Å². The van der Waals surface area contributed by atoms with E-state index >= 15 is 0 Å². The number of hydrogen-bond acceptors (Lipinski definition) is 6. The van der Waals surface area contributed by atoms with E-state index in [0.717, 1.165) is 57.9 Å². The summed E-state index contributed by atoms with van der Waals surface area (Å²) in [4.78, 5) is 21.6. The van der Waals surface area contributed by atoms with E-state index in [-0.39, 0.29) is 11.8 Å². The molecule has 3 unspecified atom stereocenters. The number of rotatable bonds is 7. The van der Waals surface area contributed by atoms with Gasteiger partial charge in [0.2, 0.25) is 11.8 Å². The Labute approximate surface area is 156 Å². The Balaban J connectivity index is 1.37. The number of aryl methyl sites for hydroxylation is 1. The first kappa shape index (κ1) is 19.3. The lowest BCUT2D eigenvalue weighted by molar-refractivity contribution is -0.124. The lowest BCUT2D eigenvalue weighted by Gasteiger charge is -2.24. The predicted octanol–water partition coefficient (Wildman–Crippen LogP) is 1.79. The van der Waals surface area contributed by atoms with Crippen molar-refractivity contribution in [1.82, 2.24) is 25.3 Å². The molecule has 26 heavy (non-hydrogen) atoms. The first-order valence-corrected chi connectivity index (χ1v) is 10.00. The zero-order valence-electron chi connectivity index (χ0n) is 16.6. The molecule has 1 N–H and O–H groups in total. The Bertz CT molecular complexity index is 603. The molecule has 7 nitrogen and oxygen atoms in total. The third-order valence-electron chi connectivity index (χ3n) is 5.92. The van der Waals surface area contributed by atoms with Crippen LogP contribution >= 0.6 is 0 Å². The van der Waals surface area contributed by atoms with Gasteiger partial charge in [-0.1, -0.05) is 5.16 Å². The fourth-order valence-corrected chi connectivity index (χ4v) is 4.07. The summed E-state index contributed by atoms with van der Waals surface area (Å²) in [5.74, 6) is 2.19. The maximum Gasteiger partial charge on any atom is 0.231 e. The van der Waals surface area contributed by atoms with Crippen LogP contribution in [0, 0.1) is 12.8 Å². The second kappa shape index (κ2) is 8.48. The Kier molecular flexibility index (Phi) is 6.29. The molecular formula is C19H33N5O2. The molecule has 0 spiro atoms. The van der Waals surface area contributed by atoms with Crippen LogP contribution in [0.25, 0.3) is 0 Å². The van der Waals surface area contributed by atoms with Crippen molar-refractivity contribution in [2.75, 3.05) is 32.7 Å². The van der Waals surface area contributed by atoms with Crippen LogP contribution in [0.1, 0.15) is 57.7 Å². The Morgan fingerprint density at radius 1 is 1.23 bits per heavy atom. The highest BCUT2D eigenvalue weighted by molar-refractivity contribution is 5.79. The van der Waals surface area contributed by atoms with Crippen molar-refractivity contribution in [3.05, 3.63) is 11.7 Å². The third-order valence-corrected chi connectivity index (χ3v) is 5.92. The van der Waals surface area contributed by atoms with Gasteiger partial charge in [0.1, 0.15) is 0 Å². The molecule has 1 aromatic rings. The number of carbonyl (C=O) groups is 1. The number of likely N-dealkylation sites (tertiary alicyclic amines) is 2. The van der Waals surface area contributed by atoms with Crippen molar-refractivity contribution in [3.8, 4) is 0 Å². The minimum absolute atomic E-state index is 0.157. The van der Waals surface area contributed by atoms with Gasteiger partial charge in [0.05, 0.1) is 11.8 Å². The minimum atomic E-state index is 0.157. The average Bonchev–Trinajstić information content (AvgIpc) is 3.34.